The van der Waals surface area contributed by atoms with Gasteiger partial charge in [-0.1, -0.05) is 0 Å². The molecule has 2 nitrogen and oxygen atoms in total. The van der Waals surface area contributed by atoms with Gasteiger partial charge in [-0.15, -0.1) is 13.2 Å². The number of rotatable bonds is 0. The molecular formula is C4H3F3N2. The Morgan fingerprint density at radius 3 is 2.44 bits per heavy atom. The fraction of sp³-hybridized carbons (Fsp3) is 0.500. The summed E-state index contributed by atoms with van der Waals surface area (Å²) in [5.41, 5.74) is 0. The number of halogens is 3. The van der Waals surface area contributed by atoms with Crippen molar-refractivity contribution in [2.24, 2.45) is 5.10 Å². The van der Waals surface area contributed by atoms with Crippen LogP contribution < -0.4 is 0 Å². The fourth-order valence-corrected chi connectivity index (χ4v) is 0.445. The second kappa shape index (κ2) is 1.89. The van der Waals surface area contributed by atoms with Crippen molar-refractivity contribution in [1.82, 2.24) is 5.01 Å². The van der Waals surface area contributed by atoms with Gasteiger partial charge in [0.05, 0.1) is 12.8 Å². The number of hydrogen-bond acceptors (Lipinski definition) is 2. The number of alkyl halides is 3. The van der Waals surface area contributed by atoms with E-state index in [2.05, 4.69) is 11.3 Å². The molecule has 1 aliphatic heterocycles. The van der Waals surface area contributed by atoms with Crippen molar-refractivity contribution < 1.29 is 13.2 Å². The largest absolute Gasteiger partial charge is 0.500 e. The topological polar surface area (TPSA) is 15.6 Å². The third-order valence-corrected chi connectivity index (χ3v) is 0.794. The van der Waals surface area contributed by atoms with Gasteiger partial charge >= 0.3 is 6.30 Å². The van der Waals surface area contributed by atoms with Gasteiger partial charge in [0.15, 0.2) is 0 Å². The van der Waals surface area contributed by atoms with Gasteiger partial charge in [0, 0.05) is 6.42 Å². The van der Waals surface area contributed by atoms with Gasteiger partial charge in [0.2, 0.25) is 0 Å². The SMILES string of the molecule is FC(F)(F)N1[CH]C[C]=N1. The zero-order chi connectivity index (χ0) is 6.91. The molecule has 0 unspecified atom stereocenters. The summed E-state index contributed by atoms with van der Waals surface area (Å²) in [5, 5.41) is 2.85. The van der Waals surface area contributed by atoms with Crippen molar-refractivity contribution in [2.75, 3.05) is 0 Å². The molecule has 0 atom stereocenters. The highest BCUT2D eigenvalue weighted by molar-refractivity contribution is 5.60. The van der Waals surface area contributed by atoms with Crippen LogP contribution in [0.1, 0.15) is 6.42 Å². The molecule has 2 radical (unpaired) electrons. The van der Waals surface area contributed by atoms with E-state index in [1.807, 2.05) is 0 Å². The summed E-state index contributed by atoms with van der Waals surface area (Å²) in [6.07, 6.45) is -2.08. The maximum atomic E-state index is 11.5. The highest BCUT2D eigenvalue weighted by atomic mass is 19.4. The molecule has 1 heterocycles. The Balaban J connectivity index is 2.53. The van der Waals surface area contributed by atoms with Crippen molar-refractivity contribution in [2.45, 2.75) is 12.7 Å². The van der Waals surface area contributed by atoms with Crippen molar-refractivity contribution in [3.05, 3.63) is 6.54 Å². The molecule has 50 valence electrons. The van der Waals surface area contributed by atoms with Crippen LogP contribution in [0.3, 0.4) is 0 Å². The van der Waals surface area contributed by atoms with E-state index in [0.717, 1.165) is 6.54 Å². The Kier molecular flexibility index (Phi) is 1.34. The standard InChI is InChI=1S/C4H3F3N2/c5-4(6,7)9-3-1-2-8-9/h3H,1H2. The molecule has 9 heavy (non-hydrogen) atoms. The van der Waals surface area contributed by atoms with Gasteiger partial charge < -0.3 is 0 Å². The quantitative estimate of drug-likeness (QED) is 0.457. The van der Waals surface area contributed by atoms with Crippen LogP contribution in [0.5, 0.6) is 0 Å². The fourth-order valence-electron chi connectivity index (χ4n) is 0.445. The van der Waals surface area contributed by atoms with E-state index in [9.17, 15) is 13.2 Å². The maximum Gasteiger partial charge on any atom is 0.500 e. The van der Waals surface area contributed by atoms with Crippen LogP contribution in [0.4, 0.5) is 13.2 Å². The van der Waals surface area contributed by atoms with Crippen molar-refractivity contribution in [1.29, 1.82) is 0 Å². The Bertz CT molecular complexity index is 128. The molecular weight excluding hydrogens is 133 g/mol. The Morgan fingerprint density at radius 1 is 1.56 bits per heavy atom. The summed E-state index contributed by atoms with van der Waals surface area (Å²) < 4.78 is 34.6. The normalized spacial score (nSPS) is 19.2. The van der Waals surface area contributed by atoms with Crippen LogP contribution in [-0.4, -0.2) is 17.5 Å². The highest BCUT2D eigenvalue weighted by Crippen LogP contribution is 2.25. The average molecular weight is 136 g/mol. The highest BCUT2D eigenvalue weighted by Gasteiger charge is 2.37. The van der Waals surface area contributed by atoms with Crippen LogP contribution in [0.15, 0.2) is 5.10 Å². The van der Waals surface area contributed by atoms with Gasteiger partial charge in [-0.2, -0.15) is 10.1 Å². The van der Waals surface area contributed by atoms with Crippen molar-refractivity contribution in [3.63, 3.8) is 0 Å². The van der Waals surface area contributed by atoms with Gasteiger partial charge in [0.1, 0.15) is 0 Å². The van der Waals surface area contributed by atoms with Gasteiger partial charge in [-0.3, -0.25) is 0 Å². The molecule has 0 aromatic carbocycles. The van der Waals surface area contributed by atoms with Crippen LogP contribution in [-0.2, 0) is 0 Å². The lowest BCUT2D eigenvalue weighted by atomic mass is 10.5. The Labute approximate surface area is 50.0 Å². The minimum absolute atomic E-state index is 0.0625. The summed E-state index contributed by atoms with van der Waals surface area (Å²) in [6.45, 7) is 0.917. The number of nitrogens with zero attached hydrogens (tertiary/aromatic N) is 2. The van der Waals surface area contributed by atoms with E-state index < -0.39 is 6.30 Å². The number of hydrazone groups is 1. The predicted octanol–water partition coefficient (Wildman–Crippen LogP) is 1.24. The third-order valence-electron chi connectivity index (χ3n) is 0.794. The molecule has 1 rings (SSSR count). The molecule has 5 heteroatoms. The molecule has 0 saturated carbocycles. The minimum Gasteiger partial charge on any atom is -0.199 e. The van der Waals surface area contributed by atoms with Crippen LogP contribution in [0.25, 0.3) is 0 Å². The first-order valence-electron chi connectivity index (χ1n) is 2.23. The second-order valence-electron chi connectivity index (χ2n) is 1.46. The lowest BCUT2D eigenvalue weighted by Gasteiger charge is -2.15. The summed E-state index contributed by atoms with van der Waals surface area (Å²) in [5.74, 6) is 0. The van der Waals surface area contributed by atoms with E-state index in [0.29, 0.717) is 0 Å². The van der Waals surface area contributed by atoms with Crippen LogP contribution in [0.2, 0.25) is 0 Å². The van der Waals surface area contributed by atoms with E-state index in [1.165, 1.54) is 0 Å². The maximum absolute atomic E-state index is 11.5. The van der Waals surface area contributed by atoms with Gasteiger partial charge in [-0.05, 0) is 0 Å². The molecule has 0 N–H and O–H groups in total. The number of hydrogen-bond donors (Lipinski definition) is 0. The predicted molar refractivity (Wildman–Crippen MR) is 24.2 cm³/mol. The first-order chi connectivity index (χ1) is 4.11. The van der Waals surface area contributed by atoms with E-state index in [-0.39, 0.29) is 11.4 Å². The van der Waals surface area contributed by atoms with Crippen LogP contribution in [0, 0.1) is 6.54 Å². The first kappa shape index (κ1) is 6.38. The van der Waals surface area contributed by atoms with Gasteiger partial charge in [0.25, 0.3) is 0 Å². The Hall–Kier alpha value is -0.740. The van der Waals surface area contributed by atoms with E-state index in [4.69, 9.17) is 0 Å². The molecule has 0 fully saturated rings. The molecule has 0 aromatic heterocycles. The Morgan fingerprint density at radius 2 is 2.22 bits per heavy atom. The second-order valence-corrected chi connectivity index (χ2v) is 1.46. The lowest BCUT2D eigenvalue weighted by Crippen LogP contribution is -2.28. The van der Waals surface area contributed by atoms with Crippen molar-refractivity contribution >= 4 is 6.21 Å². The van der Waals surface area contributed by atoms with Crippen molar-refractivity contribution in [3.8, 4) is 0 Å². The van der Waals surface area contributed by atoms with E-state index in [1.54, 1.807) is 0 Å². The van der Waals surface area contributed by atoms with Gasteiger partial charge in [-0.25, -0.2) is 0 Å². The third kappa shape index (κ3) is 1.34. The molecule has 0 spiro atoms. The van der Waals surface area contributed by atoms with Crippen LogP contribution >= 0.6 is 0 Å². The molecule has 0 aromatic rings. The smallest absolute Gasteiger partial charge is 0.199 e. The zero-order valence-corrected chi connectivity index (χ0v) is 4.31. The minimum atomic E-state index is -4.37. The summed E-state index contributed by atoms with van der Waals surface area (Å²) in [4.78, 5) is 0. The summed E-state index contributed by atoms with van der Waals surface area (Å²) >= 11 is 0. The molecule has 0 aliphatic carbocycles. The summed E-state index contributed by atoms with van der Waals surface area (Å²) in [7, 11) is 0. The molecule has 0 saturated heterocycles. The molecule has 1 aliphatic rings. The monoisotopic (exact) mass is 136 g/mol. The summed E-state index contributed by atoms with van der Waals surface area (Å²) in [6, 6.07) is 0. The lowest BCUT2D eigenvalue weighted by molar-refractivity contribution is -0.232. The zero-order valence-electron chi connectivity index (χ0n) is 4.31. The first-order valence-corrected chi connectivity index (χ1v) is 2.23. The molecule has 0 amide bonds. The molecule has 0 bridgehead atoms. The average Bonchev–Trinajstić information content (AvgIpc) is 2.08. The van der Waals surface area contributed by atoms with E-state index >= 15 is 0 Å².